The number of allylic oxidation sites excluding steroid dienone is 2. The zero-order valence-electron chi connectivity index (χ0n) is 51.0. The van der Waals surface area contributed by atoms with Crippen LogP contribution in [0.1, 0.15) is 147 Å². The monoisotopic (exact) mass is 1280 g/mol. The predicted octanol–water partition coefficient (Wildman–Crippen LogP) is 10.8. The van der Waals surface area contributed by atoms with Gasteiger partial charge in [-0.25, -0.2) is 26.3 Å². The average Bonchev–Trinajstić information content (AvgIpc) is 1.59. The molecule has 12 atom stereocenters. The van der Waals surface area contributed by atoms with Crippen molar-refractivity contribution in [1.82, 2.24) is 9.44 Å². The number of aliphatic hydroxyl groups is 2. The minimum absolute atomic E-state index is 0.0371. The number of hydrogen-bond donors (Lipinski definition) is 4. The van der Waals surface area contributed by atoms with Gasteiger partial charge in [-0.2, -0.15) is 0 Å². The molecule has 2 spiro atoms. The Labute approximate surface area is 529 Å². The number of aryl methyl sites for hydroxylation is 2. The first-order valence-corrected chi connectivity index (χ1v) is 35.5. The van der Waals surface area contributed by atoms with Gasteiger partial charge >= 0.3 is 0 Å². The summed E-state index contributed by atoms with van der Waals surface area (Å²) in [7, 11) is -4.63. The molecule has 4 aromatic rings. The molecule has 4 aliphatic carbocycles. The number of anilines is 2. The van der Waals surface area contributed by atoms with E-state index in [9.17, 15) is 36.6 Å². The molecule has 4 aromatic carbocycles. The summed E-state index contributed by atoms with van der Waals surface area (Å²) >= 11 is 12.8. The second-order valence-electron chi connectivity index (χ2n) is 26.4. The summed E-state index contributed by atoms with van der Waals surface area (Å²) in [6.45, 7) is 7.12. The van der Waals surface area contributed by atoms with E-state index in [1.807, 2.05) is 24.3 Å². The number of rotatable bonds is 6. The highest BCUT2D eigenvalue weighted by molar-refractivity contribution is 7.91. The number of fused-ring (bicyclic) bond motifs is 8. The molecule has 12 rings (SSSR count). The van der Waals surface area contributed by atoms with Crippen LogP contribution in [0.25, 0.3) is 0 Å². The molecule has 0 saturated heterocycles. The van der Waals surface area contributed by atoms with Gasteiger partial charge in [0.25, 0.3) is 11.8 Å². The number of sulfonamides is 2. The van der Waals surface area contributed by atoms with Gasteiger partial charge < -0.3 is 39.0 Å². The summed E-state index contributed by atoms with van der Waals surface area (Å²) in [6.07, 6.45) is 18.2. The first kappa shape index (κ1) is 64.4. The molecule has 16 nitrogen and oxygen atoms in total. The Bertz CT molecular complexity index is 3280. The molecule has 0 aromatic heterocycles. The molecule has 4 N–H and O–H groups in total. The standard InChI is InChI=1S/2C34H43ClN2O6S/c2*1-22(38)16-27-7-3-4-8-31(42-2)28-12-9-25(28)19-37-20-34(15-5-6-23-17-26(35)11-13-29(23)34)21-43-32-14-10-24(18-30(32)37)33(39)36-44(27,40)41/h2*4,8,10-11,13-14,17-18,22,25,27-28,31,38H,3,5-7,9,12,15-16,19-21H2,1-2H3,(H,36,39)/b2*8-4+/t22-,25+,27+,28-,31+,34+;22-,25+,27-,28-,31+,34+/m11/s1. The largest absolute Gasteiger partial charge is 0.490 e. The lowest BCUT2D eigenvalue weighted by Crippen LogP contribution is -2.49. The van der Waals surface area contributed by atoms with Crippen LogP contribution < -0.4 is 28.7 Å². The molecule has 8 aliphatic rings. The topological polar surface area (TPSA) is 210 Å². The molecule has 4 heterocycles. The number of ether oxygens (including phenoxy) is 4. The molecule has 2 amide bonds. The van der Waals surface area contributed by atoms with Gasteiger partial charge in [0.2, 0.25) is 20.0 Å². The first-order valence-electron chi connectivity index (χ1n) is 31.7. The molecule has 20 heteroatoms. The van der Waals surface area contributed by atoms with Crippen LogP contribution in [0.2, 0.25) is 10.0 Å². The number of nitrogens with zero attached hydrogens (tertiary/aromatic N) is 2. The van der Waals surface area contributed by atoms with E-state index in [-0.39, 0.29) is 59.8 Å². The molecule has 88 heavy (non-hydrogen) atoms. The Morgan fingerprint density at radius 1 is 0.602 bits per heavy atom. The SMILES string of the molecule is CO[C@H]1/C=C/CC[C@@H](C[C@@H](C)O)S(=O)(=O)NC(=O)c2ccc3c(c2)N(C[C@@H]2CC[C@H]21)C[C@@]1(CCCc2cc(Cl)ccc21)CO3.CO[C@H]1/C=C/CC[C@H](C[C@@H](C)O)S(=O)(=O)NC(=O)c2ccc3c(c2)N(C[C@@H]2CC[C@H]21)C[C@@]1(CCCc2cc(Cl)ccc21)CO3. The summed E-state index contributed by atoms with van der Waals surface area (Å²) < 4.78 is 83.4. The van der Waals surface area contributed by atoms with Gasteiger partial charge in [-0.15, -0.1) is 0 Å². The quantitative estimate of drug-likeness (QED) is 0.132. The smallest absolute Gasteiger partial charge is 0.264 e. The van der Waals surface area contributed by atoms with Crippen molar-refractivity contribution in [3.63, 3.8) is 0 Å². The van der Waals surface area contributed by atoms with Crippen LogP contribution >= 0.6 is 23.2 Å². The maximum atomic E-state index is 13.5. The van der Waals surface area contributed by atoms with Crippen LogP contribution in [0, 0.1) is 23.7 Å². The Morgan fingerprint density at radius 3 is 1.40 bits per heavy atom. The van der Waals surface area contributed by atoms with E-state index in [2.05, 4.69) is 55.7 Å². The van der Waals surface area contributed by atoms with E-state index in [1.54, 1.807) is 64.5 Å². The maximum absolute atomic E-state index is 13.5. The third-order valence-electron chi connectivity index (χ3n) is 20.4. The molecule has 4 bridgehead atoms. The summed E-state index contributed by atoms with van der Waals surface area (Å²) in [5.74, 6) is 1.45. The second-order valence-corrected chi connectivity index (χ2v) is 31.1. The van der Waals surface area contributed by atoms with Crippen LogP contribution in [-0.4, -0.2) is 127 Å². The second kappa shape index (κ2) is 27.0. The molecule has 0 radical (unpaired) electrons. The summed E-state index contributed by atoms with van der Waals surface area (Å²) in [5, 5.41) is 19.8. The van der Waals surface area contributed by atoms with Crippen LogP contribution in [-0.2, 0) is 53.2 Å². The Morgan fingerprint density at radius 2 is 1.02 bits per heavy atom. The molecule has 476 valence electrons. The Kier molecular flexibility index (Phi) is 19.7. The fraction of sp³-hybridized carbons (Fsp3) is 0.559. The number of carbonyl (C=O) groups is 2. The van der Waals surface area contributed by atoms with E-state index < -0.39 is 54.6 Å². The third kappa shape index (κ3) is 13.8. The number of carbonyl (C=O) groups excluding carboxylic acids is 2. The van der Waals surface area contributed by atoms with Crippen molar-refractivity contribution < 1.29 is 55.6 Å². The number of aliphatic hydroxyl groups excluding tert-OH is 2. The van der Waals surface area contributed by atoms with Crippen molar-refractivity contribution in [2.45, 2.75) is 162 Å². The van der Waals surface area contributed by atoms with E-state index in [1.165, 1.54) is 22.3 Å². The average molecular weight is 1290 g/mol. The maximum Gasteiger partial charge on any atom is 0.264 e. The van der Waals surface area contributed by atoms with Gasteiger partial charge in [-0.3, -0.25) is 9.59 Å². The lowest BCUT2D eigenvalue weighted by Gasteiger charge is -2.46. The molecule has 0 unspecified atom stereocenters. The Hall–Kier alpha value is -5.18. The van der Waals surface area contributed by atoms with Gasteiger partial charge in [0.15, 0.2) is 0 Å². The lowest BCUT2D eigenvalue weighted by atomic mass is 9.68. The third-order valence-corrected chi connectivity index (χ3v) is 24.4. The summed E-state index contributed by atoms with van der Waals surface area (Å²) in [6, 6.07) is 22.8. The number of hydrogen-bond acceptors (Lipinski definition) is 14. The summed E-state index contributed by atoms with van der Waals surface area (Å²) in [5.41, 5.74) is 6.67. The number of benzene rings is 4. The number of nitrogens with one attached hydrogen (secondary N) is 2. The fourth-order valence-electron chi connectivity index (χ4n) is 15.5. The van der Waals surface area contributed by atoms with E-state index in [0.29, 0.717) is 74.3 Å². The first-order chi connectivity index (χ1) is 42.2. The minimum Gasteiger partial charge on any atom is -0.490 e. The highest BCUT2D eigenvalue weighted by Gasteiger charge is 2.47. The molecule has 2 fully saturated rings. The van der Waals surface area contributed by atoms with E-state index >= 15 is 0 Å². The predicted molar refractivity (Wildman–Crippen MR) is 344 cm³/mol. The lowest BCUT2D eigenvalue weighted by molar-refractivity contribution is 0.0131. The highest BCUT2D eigenvalue weighted by Crippen LogP contribution is 2.50. The van der Waals surface area contributed by atoms with Crippen molar-refractivity contribution in [3.8, 4) is 11.5 Å². The van der Waals surface area contributed by atoms with Crippen molar-refractivity contribution in [2.24, 2.45) is 23.7 Å². The van der Waals surface area contributed by atoms with E-state index in [4.69, 9.17) is 42.1 Å². The zero-order valence-corrected chi connectivity index (χ0v) is 54.2. The van der Waals surface area contributed by atoms with Gasteiger partial charge in [-0.1, -0.05) is 59.6 Å². The van der Waals surface area contributed by atoms with Crippen molar-refractivity contribution in [2.75, 3.05) is 63.4 Å². The van der Waals surface area contributed by atoms with Crippen molar-refractivity contribution in [3.05, 3.63) is 141 Å². The van der Waals surface area contributed by atoms with Gasteiger partial charge in [0.1, 0.15) is 11.5 Å². The molecular formula is C68H86Cl2N4O12S2. The minimum atomic E-state index is -4.05. The van der Waals surface area contributed by atoms with Crippen LogP contribution in [0.3, 0.4) is 0 Å². The summed E-state index contributed by atoms with van der Waals surface area (Å²) in [4.78, 5) is 31.7. The van der Waals surface area contributed by atoms with Crippen LogP contribution in [0.5, 0.6) is 11.5 Å². The van der Waals surface area contributed by atoms with Crippen LogP contribution in [0.4, 0.5) is 11.4 Å². The number of methoxy groups -OCH3 is 2. The van der Waals surface area contributed by atoms with Gasteiger partial charge in [-0.05, 0) is 223 Å². The van der Waals surface area contributed by atoms with E-state index in [0.717, 1.165) is 98.7 Å². The number of halogens is 2. The highest BCUT2D eigenvalue weighted by atomic mass is 35.5. The molecular weight excluding hydrogens is 1200 g/mol. The Balaban J connectivity index is 0.000000182. The normalized spacial score (nSPS) is 31.4. The number of amides is 2. The fourth-order valence-corrected chi connectivity index (χ4v) is 18.9. The molecule has 4 aliphatic heterocycles. The molecule has 2 saturated carbocycles. The zero-order chi connectivity index (χ0) is 62.1. The van der Waals surface area contributed by atoms with Gasteiger partial charge in [0.05, 0.1) is 59.5 Å². The van der Waals surface area contributed by atoms with Crippen LogP contribution in [0.15, 0.2) is 97.1 Å². The van der Waals surface area contributed by atoms with Gasteiger partial charge in [0, 0.05) is 72.4 Å². The van der Waals surface area contributed by atoms with Crippen molar-refractivity contribution in [1.29, 1.82) is 0 Å². The van der Waals surface area contributed by atoms with Crippen molar-refractivity contribution >= 4 is 66.4 Å².